The first-order chi connectivity index (χ1) is 15.1. The normalized spacial score (nSPS) is 23.0. The maximum Gasteiger partial charge on any atom is 0.227 e. The number of carbonyl (C=O) groups is 3. The van der Waals surface area contributed by atoms with Crippen molar-refractivity contribution in [2.24, 2.45) is 11.8 Å². The van der Waals surface area contributed by atoms with Gasteiger partial charge in [0.15, 0.2) is 0 Å². The summed E-state index contributed by atoms with van der Waals surface area (Å²) in [6, 6.07) is 9.79. The number of nitrogens with zero attached hydrogens (tertiary/aromatic N) is 3. The van der Waals surface area contributed by atoms with Gasteiger partial charge in [-0.15, -0.1) is 0 Å². The zero-order chi connectivity index (χ0) is 21.6. The molecule has 0 aliphatic carbocycles. The molecule has 0 bridgehead atoms. The largest absolute Gasteiger partial charge is 0.342 e. The highest BCUT2D eigenvalue weighted by molar-refractivity contribution is 5.83. The minimum absolute atomic E-state index is 0.0671. The van der Waals surface area contributed by atoms with Gasteiger partial charge in [-0.2, -0.15) is 0 Å². The molecule has 31 heavy (non-hydrogen) atoms. The summed E-state index contributed by atoms with van der Waals surface area (Å²) in [5.74, 6) is 0.526. The first-order valence-electron chi connectivity index (χ1n) is 12.0. The molecule has 3 heterocycles. The highest BCUT2D eigenvalue weighted by atomic mass is 16.2. The van der Waals surface area contributed by atoms with Crippen molar-refractivity contribution in [3.05, 3.63) is 35.9 Å². The SMILES string of the molecule is O=C(Cc1ccccc1)N1CCCC(C(=O)N2CCC(C(=O)N3CCCCC3)CC2)C1. The van der Waals surface area contributed by atoms with Crippen molar-refractivity contribution in [1.29, 1.82) is 0 Å². The van der Waals surface area contributed by atoms with Crippen molar-refractivity contribution < 1.29 is 14.4 Å². The Hall–Kier alpha value is -2.37. The van der Waals surface area contributed by atoms with Crippen molar-refractivity contribution >= 4 is 17.7 Å². The Morgan fingerprint density at radius 3 is 2.00 bits per heavy atom. The maximum absolute atomic E-state index is 13.2. The van der Waals surface area contributed by atoms with E-state index in [-0.39, 0.29) is 23.7 Å². The van der Waals surface area contributed by atoms with Crippen LogP contribution in [0.5, 0.6) is 0 Å². The number of amides is 3. The minimum Gasteiger partial charge on any atom is -0.342 e. The first kappa shape index (κ1) is 21.8. The second-order valence-corrected chi connectivity index (χ2v) is 9.33. The molecule has 3 saturated heterocycles. The van der Waals surface area contributed by atoms with E-state index < -0.39 is 0 Å². The topological polar surface area (TPSA) is 60.9 Å². The van der Waals surface area contributed by atoms with Crippen LogP contribution in [0.1, 0.15) is 50.5 Å². The van der Waals surface area contributed by atoms with E-state index in [0.29, 0.717) is 32.0 Å². The predicted molar refractivity (Wildman–Crippen MR) is 119 cm³/mol. The van der Waals surface area contributed by atoms with Gasteiger partial charge in [0, 0.05) is 45.2 Å². The molecule has 0 N–H and O–H groups in total. The van der Waals surface area contributed by atoms with Gasteiger partial charge < -0.3 is 14.7 Å². The van der Waals surface area contributed by atoms with Crippen molar-refractivity contribution in [3.8, 4) is 0 Å². The Morgan fingerprint density at radius 1 is 0.677 bits per heavy atom. The Morgan fingerprint density at radius 2 is 1.29 bits per heavy atom. The highest BCUT2D eigenvalue weighted by Gasteiger charge is 2.35. The van der Waals surface area contributed by atoms with Crippen LogP contribution in [0, 0.1) is 11.8 Å². The lowest BCUT2D eigenvalue weighted by Gasteiger charge is -2.39. The molecule has 168 valence electrons. The van der Waals surface area contributed by atoms with E-state index in [0.717, 1.165) is 63.7 Å². The first-order valence-corrected chi connectivity index (χ1v) is 12.0. The number of likely N-dealkylation sites (tertiary alicyclic amines) is 3. The van der Waals surface area contributed by atoms with Gasteiger partial charge in [0.2, 0.25) is 17.7 Å². The number of piperidine rings is 3. The summed E-state index contributed by atoms with van der Waals surface area (Å²) in [4.78, 5) is 44.5. The number of hydrogen-bond acceptors (Lipinski definition) is 3. The molecule has 0 radical (unpaired) electrons. The lowest BCUT2D eigenvalue weighted by atomic mass is 9.91. The van der Waals surface area contributed by atoms with E-state index >= 15 is 0 Å². The van der Waals surface area contributed by atoms with Crippen LogP contribution in [0.3, 0.4) is 0 Å². The molecule has 1 unspecified atom stereocenters. The lowest BCUT2D eigenvalue weighted by Crippen LogP contribution is -2.50. The molecule has 6 heteroatoms. The maximum atomic E-state index is 13.2. The third-order valence-electron chi connectivity index (χ3n) is 7.15. The number of benzene rings is 1. The van der Waals surface area contributed by atoms with Crippen molar-refractivity contribution in [3.63, 3.8) is 0 Å². The van der Waals surface area contributed by atoms with Crippen LogP contribution in [0.2, 0.25) is 0 Å². The molecule has 0 aromatic heterocycles. The van der Waals surface area contributed by atoms with E-state index in [1.807, 2.05) is 45.0 Å². The summed E-state index contributed by atoms with van der Waals surface area (Å²) in [5.41, 5.74) is 1.02. The molecule has 3 amide bonds. The summed E-state index contributed by atoms with van der Waals surface area (Å²) in [5, 5.41) is 0. The molecule has 6 nitrogen and oxygen atoms in total. The summed E-state index contributed by atoms with van der Waals surface area (Å²) in [7, 11) is 0. The molecular weight excluding hydrogens is 390 g/mol. The second-order valence-electron chi connectivity index (χ2n) is 9.33. The van der Waals surface area contributed by atoms with E-state index in [2.05, 4.69) is 0 Å². The summed E-state index contributed by atoms with van der Waals surface area (Å²) >= 11 is 0. The van der Waals surface area contributed by atoms with Gasteiger partial charge in [-0.25, -0.2) is 0 Å². The zero-order valence-electron chi connectivity index (χ0n) is 18.5. The molecule has 1 aromatic rings. The Kier molecular flexibility index (Phi) is 7.25. The van der Waals surface area contributed by atoms with Gasteiger partial charge in [0.25, 0.3) is 0 Å². The smallest absolute Gasteiger partial charge is 0.227 e. The van der Waals surface area contributed by atoms with Crippen LogP contribution < -0.4 is 0 Å². The van der Waals surface area contributed by atoms with Crippen LogP contribution in [0.25, 0.3) is 0 Å². The van der Waals surface area contributed by atoms with Crippen molar-refractivity contribution in [1.82, 2.24) is 14.7 Å². The van der Waals surface area contributed by atoms with Gasteiger partial charge in [0.05, 0.1) is 12.3 Å². The van der Waals surface area contributed by atoms with E-state index in [4.69, 9.17) is 0 Å². The summed E-state index contributed by atoms with van der Waals surface area (Å²) in [6.07, 6.45) is 7.11. The quantitative estimate of drug-likeness (QED) is 0.745. The molecule has 1 atom stereocenters. The average molecular weight is 426 g/mol. The van der Waals surface area contributed by atoms with Gasteiger partial charge in [-0.3, -0.25) is 14.4 Å². The van der Waals surface area contributed by atoms with Gasteiger partial charge in [-0.05, 0) is 50.5 Å². The molecule has 3 aliphatic heterocycles. The fraction of sp³-hybridized carbons (Fsp3) is 0.640. The lowest BCUT2D eigenvalue weighted by molar-refractivity contribution is -0.145. The molecule has 0 saturated carbocycles. The van der Waals surface area contributed by atoms with E-state index in [1.165, 1.54) is 6.42 Å². The molecular formula is C25H35N3O3. The Labute approximate surface area is 185 Å². The predicted octanol–water partition coefficient (Wildman–Crippen LogP) is 2.72. The van der Waals surface area contributed by atoms with E-state index in [9.17, 15) is 14.4 Å². The highest BCUT2D eigenvalue weighted by Crippen LogP contribution is 2.25. The van der Waals surface area contributed by atoms with Crippen LogP contribution in [0.15, 0.2) is 30.3 Å². The zero-order valence-corrected chi connectivity index (χ0v) is 18.5. The fourth-order valence-corrected chi connectivity index (χ4v) is 5.27. The van der Waals surface area contributed by atoms with Crippen LogP contribution in [-0.2, 0) is 20.8 Å². The van der Waals surface area contributed by atoms with Crippen LogP contribution >= 0.6 is 0 Å². The number of carbonyl (C=O) groups excluding carboxylic acids is 3. The second kappa shape index (κ2) is 10.3. The Bertz CT molecular complexity index is 767. The average Bonchev–Trinajstić information content (AvgIpc) is 2.84. The summed E-state index contributed by atoms with van der Waals surface area (Å²) < 4.78 is 0. The molecule has 1 aromatic carbocycles. The molecule has 3 aliphatic rings. The standard InChI is InChI=1S/C25H35N3O3/c29-23(18-20-8-3-1-4-9-20)28-15-7-10-22(19-28)25(31)27-16-11-21(12-17-27)24(30)26-13-5-2-6-14-26/h1,3-4,8-9,21-22H,2,5-7,10-19H2. The number of hydrogen-bond donors (Lipinski definition) is 0. The minimum atomic E-state index is -0.109. The fourth-order valence-electron chi connectivity index (χ4n) is 5.27. The Balaban J connectivity index is 1.26. The van der Waals surface area contributed by atoms with Crippen LogP contribution in [0.4, 0.5) is 0 Å². The molecule has 3 fully saturated rings. The van der Waals surface area contributed by atoms with Crippen molar-refractivity contribution in [2.75, 3.05) is 39.3 Å². The van der Waals surface area contributed by atoms with Gasteiger partial charge >= 0.3 is 0 Å². The number of rotatable bonds is 4. The van der Waals surface area contributed by atoms with Crippen LogP contribution in [-0.4, -0.2) is 71.7 Å². The van der Waals surface area contributed by atoms with Gasteiger partial charge in [0.1, 0.15) is 0 Å². The monoisotopic (exact) mass is 425 g/mol. The van der Waals surface area contributed by atoms with E-state index in [1.54, 1.807) is 0 Å². The van der Waals surface area contributed by atoms with Gasteiger partial charge in [-0.1, -0.05) is 30.3 Å². The van der Waals surface area contributed by atoms with Crippen molar-refractivity contribution in [2.45, 2.75) is 51.4 Å². The third kappa shape index (κ3) is 5.46. The summed E-state index contributed by atoms with van der Waals surface area (Å²) in [6.45, 7) is 4.38. The molecule has 4 rings (SSSR count). The molecule has 0 spiro atoms. The third-order valence-corrected chi connectivity index (χ3v) is 7.15.